The van der Waals surface area contributed by atoms with Crippen molar-refractivity contribution in [3.63, 3.8) is 0 Å². The van der Waals surface area contributed by atoms with Crippen molar-refractivity contribution in [1.82, 2.24) is 0 Å². The summed E-state index contributed by atoms with van der Waals surface area (Å²) in [7, 11) is 0. The molecule has 4 saturated carbocycles. The highest BCUT2D eigenvalue weighted by Crippen LogP contribution is 2.69. The van der Waals surface area contributed by atoms with Crippen LogP contribution >= 0.6 is 0 Å². The topological polar surface area (TPSA) is 26.3 Å². The van der Waals surface area contributed by atoms with Crippen molar-refractivity contribution < 1.29 is 9.53 Å². The van der Waals surface area contributed by atoms with Gasteiger partial charge in [0.25, 0.3) is 0 Å². The van der Waals surface area contributed by atoms with Crippen LogP contribution in [-0.4, -0.2) is 12.1 Å². The Bertz CT molecular complexity index is 714. The highest BCUT2D eigenvalue weighted by atomic mass is 16.5. The second-order valence-corrected chi connectivity index (χ2v) is 14.3. The Kier molecular flexibility index (Phi) is 7.87. The quantitative estimate of drug-likeness (QED) is 0.346. The molecule has 4 rings (SSSR count). The third kappa shape index (κ3) is 4.51. The second kappa shape index (κ2) is 10.1. The van der Waals surface area contributed by atoms with Gasteiger partial charge in [0.15, 0.2) is 0 Å². The van der Waals surface area contributed by atoms with Crippen molar-refractivity contribution >= 4 is 5.97 Å². The molecule has 4 aliphatic carbocycles. The number of carbonyl (C=O) groups is 1. The molecule has 0 bridgehead atoms. The normalized spacial score (nSPS) is 45.7. The van der Waals surface area contributed by atoms with Gasteiger partial charge < -0.3 is 4.74 Å². The Morgan fingerprint density at radius 2 is 1.53 bits per heavy atom. The summed E-state index contributed by atoms with van der Waals surface area (Å²) in [5.41, 5.74) is 1.03. The van der Waals surface area contributed by atoms with Gasteiger partial charge in [0.1, 0.15) is 6.10 Å². The lowest BCUT2D eigenvalue weighted by molar-refractivity contribution is -0.173. The van der Waals surface area contributed by atoms with E-state index in [1.54, 1.807) is 6.92 Å². The molecule has 34 heavy (non-hydrogen) atoms. The summed E-state index contributed by atoms with van der Waals surface area (Å²) in [6.07, 6.45) is 15.4. The fourth-order valence-corrected chi connectivity index (χ4v) is 10.7. The average molecular weight is 473 g/mol. The van der Waals surface area contributed by atoms with Crippen molar-refractivity contribution in [2.45, 2.75) is 132 Å². The summed E-state index contributed by atoms with van der Waals surface area (Å²) in [4.78, 5) is 11.7. The Morgan fingerprint density at radius 1 is 0.882 bits per heavy atom. The minimum absolute atomic E-state index is 0.0904. The zero-order valence-electron chi connectivity index (χ0n) is 23.9. The van der Waals surface area contributed by atoms with Crippen LogP contribution in [0.25, 0.3) is 0 Å². The molecule has 0 amide bonds. The molecule has 4 fully saturated rings. The van der Waals surface area contributed by atoms with Gasteiger partial charge in [0.05, 0.1) is 0 Å². The minimum Gasteiger partial charge on any atom is -0.462 e. The molecule has 0 aliphatic heterocycles. The Balaban J connectivity index is 1.45. The molecule has 2 nitrogen and oxygen atoms in total. The van der Waals surface area contributed by atoms with Crippen molar-refractivity contribution in [1.29, 1.82) is 0 Å². The lowest BCUT2D eigenvalue weighted by Crippen LogP contribution is -2.56. The fourth-order valence-electron chi connectivity index (χ4n) is 10.7. The van der Waals surface area contributed by atoms with E-state index < -0.39 is 0 Å². The van der Waals surface area contributed by atoms with E-state index in [1.807, 2.05) is 0 Å². The fraction of sp³-hybridized carbons (Fsp3) is 0.969. The van der Waals surface area contributed by atoms with E-state index in [4.69, 9.17) is 4.74 Å². The Labute approximate surface area is 211 Å². The summed E-state index contributed by atoms with van der Waals surface area (Å²) in [5.74, 6) is 7.49. The summed E-state index contributed by atoms with van der Waals surface area (Å²) >= 11 is 0. The molecule has 0 aromatic heterocycles. The van der Waals surface area contributed by atoms with E-state index in [1.165, 1.54) is 64.2 Å². The summed E-state index contributed by atoms with van der Waals surface area (Å²) in [5, 5.41) is 0. The lowest BCUT2D eigenvalue weighted by atomic mass is 9.43. The number of fused-ring (bicyclic) bond motifs is 5. The van der Waals surface area contributed by atoms with Gasteiger partial charge >= 0.3 is 5.97 Å². The number of esters is 1. The van der Waals surface area contributed by atoms with Crippen molar-refractivity contribution in [3.8, 4) is 0 Å². The van der Waals surface area contributed by atoms with Gasteiger partial charge in [-0.05, 0) is 122 Å². The highest BCUT2D eigenvalue weighted by molar-refractivity contribution is 5.66. The zero-order chi connectivity index (χ0) is 24.8. The molecule has 11 atom stereocenters. The molecule has 2 heteroatoms. The van der Waals surface area contributed by atoms with Gasteiger partial charge in [-0.15, -0.1) is 0 Å². The molecular formula is C32H56O2. The smallest absolute Gasteiger partial charge is 0.302 e. The van der Waals surface area contributed by atoms with Crippen molar-refractivity contribution in [3.05, 3.63) is 0 Å². The first kappa shape index (κ1) is 26.5. The monoisotopic (exact) mass is 472 g/mol. The molecule has 11 unspecified atom stereocenters. The van der Waals surface area contributed by atoms with E-state index in [0.717, 1.165) is 53.8 Å². The van der Waals surface area contributed by atoms with Gasteiger partial charge in [0, 0.05) is 6.92 Å². The van der Waals surface area contributed by atoms with Crippen LogP contribution in [0.15, 0.2) is 0 Å². The largest absolute Gasteiger partial charge is 0.462 e. The molecule has 0 heterocycles. The number of hydrogen-bond acceptors (Lipinski definition) is 2. The van der Waals surface area contributed by atoms with Crippen LogP contribution in [0.2, 0.25) is 0 Å². The molecular weight excluding hydrogens is 416 g/mol. The van der Waals surface area contributed by atoms with E-state index in [2.05, 4.69) is 48.5 Å². The minimum atomic E-state index is -0.0904. The third-order valence-corrected chi connectivity index (χ3v) is 12.7. The predicted octanol–water partition coefficient (Wildman–Crippen LogP) is 8.92. The van der Waals surface area contributed by atoms with Gasteiger partial charge in [0.2, 0.25) is 0 Å². The molecule has 0 radical (unpaired) electrons. The lowest BCUT2D eigenvalue weighted by Gasteiger charge is -2.62. The Morgan fingerprint density at radius 3 is 2.18 bits per heavy atom. The summed E-state index contributed by atoms with van der Waals surface area (Å²) < 4.78 is 5.78. The molecule has 196 valence electrons. The molecule has 4 aliphatic rings. The molecule has 0 spiro atoms. The van der Waals surface area contributed by atoms with Gasteiger partial charge in [-0.25, -0.2) is 0 Å². The van der Waals surface area contributed by atoms with E-state index in [9.17, 15) is 4.79 Å². The highest BCUT2D eigenvalue weighted by Gasteiger charge is 2.61. The maximum Gasteiger partial charge on any atom is 0.302 e. The second-order valence-electron chi connectivity index (χ2n) is 14.3. The van der Waals surface area contributed by atoms with Crippen molar-refractivity contribution in [2.24, 2.45) is 64.1 Å². The number of ether oxygens (including phenoxy) is 1. The zero-order valence-corrected chi connectivity index (χ0v) is 23.9. The first-order chi connectivity index (χ1) is 16.0. The number of carbonyl (C=O) groups excluding carboxylic acids is 1. The van der Waals surface area contributed by atoms with E-state index in [-0.39, 0.29) is 12.1 Å². The molecule has 0 aromatic rings. The van der Waals surface area contributed by atoms with Crippen LogP contribution in [0.5, 0.6) is 0 Å². The van der Waals surface area contributed by atoms with Crippen LogP contribution in [0.4, 0.5) is 0 Å². The molecule has 0 aromatic carbocycles. The van der Waals surface area contributed by atoms with Crippen molar-refractivity contribution in [2.75, 3.05) is 0 Å². The molecule has 0 N–H and O–H groups in total. The maximum absolute atomic E-state index is 11.7. The van der Waals surface area contributed by atoms with E-state index >= 15 is 0 Å². The van der Waals surface area contributed by atoms with Gasteiger partial charge in [-0.1, -0.05) is 61.3 Å². The first-order valence-corrected chi connectivity index (χ1v) is 15.2. The Hall–Kier alpha value is -0.530. The molecule has 0 saturated heterocycles. The number of hydrogen-bond donors (Lipinski definition) is 0. The average Bonchev–Trinajstić information content (AvgIpc) is 3.13. The van der Waals surface area contributed by atoms with Crippen LogP contribution in [0.1, 0.15) is 126 Å². The predicted molar refractivity (Wildman–Crippen MR) is 142 cm³/mol. The van der Waals surface area contributed by atoms with E-state index in [0.29, 0.717) is 16.7 Å². The third-order valence-electron chi connectivity index (χ3n) is 12.7. The number of rotatable bonds is 7. The van der Waals surface area contributed by atoms with Gasteiger partial charge in [-0.3, -0.25) is 4.79 Å². The van der Waals surface area contributed by atoms with Crippen LogP contribution < -0.4 is 0 Å². The van der Waals surface area contributed by atoms with Gasteiger partial charge in [-0.2, -0.15) is 0 Å². The van der Waals surface area contributed by atoms with Crippen LogP contribution in [0, 0.1) is 64.1 Å². The van der Waals surface area contributed by atoms with Crippen LogP contribution in [-0.2, 0) is 9.53 Å². The van der Waals surface area contributed by atoms with Crippen LogP contribution in [0.3, 0.4) is 0 Å². The maximum atomic E-state index is 11.7. The standard InChI is InChI=1S/C32H56O2/c1-9-24(20(2)3)11-10-21(4)26-14-15-28-25-12-13-27-22(5)30(34-23(6)33)17-19-32(27,8)29(25)16-18-31(26,28)7/h20-22,24-30H,9-19H2,1-8H3. The SMILES string of the molecule is CCC(CCC(C)C1CCC2C3CCC4C(C)C(OC(C)=O)CCC4(C)C3CCC12C)C(C)C. The summed E-state index contributed by atoms with van der Waals surface area (Å²) in [6, 6.07) is 0. The first-order valence-electron chi connectivity index (χ1n) is 15.2. The summed E-state index contributed by atoms with van der Waals surface area (Å²) in [6.45, 7) is 19.2.